The van der Waals surface area contributed by atoms with Crippen LogP contribution >= 0.6 is 0 Å². The summed E-state index contributed by atoms with van der Waals surface area (Å²) in [6, 6.07) is 10.7. The zero-order valence-corrected chi connectivity index (χ0v) is 18.2. The highest BCUT2D eigenvalue weighted by Gasteiger charge is 2.51. The van der Waals surface area contributed by atoms with Crippen molar-refractivity contribution in [2.45, 2.75) is 37.5 Å². The second-order valence-electron chi connectivity index (χ2n) is 8.53. The van der Waals surface area contributed by atoms with Crippen molar-refractivity contribution < 1.29 is 37.4 Å². The minimum absolute atomic E-state index is 0.143. The monoisotopic (exact) mass is 476 g/mol. The number of rotatable bonds is 5. The molecule has 2 aromatic carbocycles. The zero-order valence-electron chi connectivity index (χ0n) is 18.2. The number of carbonyl (C=O) groups excluding carboxylic acids is 2. The van der Waals surface area contributed by atoms with Crippen molar-refractivity contribution in [2.24, 2.45) is 5.92 Å². The highest BCUT2D eigenvalue weighted by Crippen LogP contribution is 2.44. The summed E-state index contributed by atoms with van der Waals surface area (Å²) in [7, 11) is 0. The molecule has 0 saturated carbocycles. The van der Waals surface area contributed by atoms with Crippen LogP contribution in [0.3, 0.4) is 0 Å². The molecule has 0 radical (unpaired) electrons. The third kappa shape index (κ3) is 4.32. The Kier molecular flexibility index (Phi) is 6.24. The van der Waals surface area contributed by atoms with Crippen LogP contribution in [-0.4, -0.2) is 59.4 Å². The number of benzene rings is 2. The Morgan fingerprint density at radius 3 is 2.18 bits per heavy atom. The predicted molar refractivity (Wildman–Crippen MR) is 115 cm³/mol. The van der Waals surface area contributed by atoms with Crippen molar-refractivity contribution in [1.29, 1.82) is 0 Å². The molecule has 1 aliphatic heterocycles. The zero-order chi connectivity index (χ0) is 24.6. The first-order valence-electron chi connectivity index (χ1n) is 10.8. The number of alkyl carbamates (subject to hydrolysis) is 1. The van der Waals surface area contributed by atoms with Gasteiger partial charge in [0.25, 0.3) is 5.91 Å². The summed E-state index contributed by atoms with van der Waals surface area (Å²) in [5.41, 5.74) is 3.68. The number of likely N-dealkylation sites (tertiary alicyclic amines) is 1. The summed E-state index contributed by atoms with van der Waals surface area (Å²) in [5.74, 6) is -3.78. The lowest BCUT2D eigenvalue weighted by atomic mass is 9.98. The van der Waals surface area contributed by atoms with Gasteiger partial charge in [-0.05, 0) is 34.6 Å². The van der Waals surface area contributed by atoms with E-state index in [1.807, 2.05) is 48.5 Å². The molecule has 1 fully saturated rings. The molecule has 10 heteroatoms. The van der Waals surface area contributed by atoms with Gasteiger partial charge in [0.2, 0.25) is 6.04 Å². The second-order valence-corrected chi connectivity index (χ2v) is 8.53. The summed E-state index contributed by atoms with van der Waals surface area (Å²) in [5, 5.41) is 11.0. The molecule has 2 aromatic rings. The number of hydrogen-bond acceptors (Lipinski definition) is 4. The van der Waals surface area contributed by atoms with Gasteiger partial charge in [0.1, 0.15) is 12.6 Å². The number of hydrogen-bond donors (Lipinski definition) is 2. The molecule has 3 unspecified atom stereocenters. The molecule has 1 aliphatic carbocycles. The highest BCUT2D eigenvalue weighted by molar-refractivity contribution is 5.90. The molecule has 1 heterocycles. The highest BCUT2D eigenvalue weighted by atomic mass is 19.4. The lowest BCUT2D eigenvalue weighted by molar-refractivity contribution is -0.177. The van der Waals surface area contributed by atoms with Crippen molar-refractivity contribution in [3.63, 3.8) is 0 Å². The number of aliphatic carboxylic acids is 1. The van der Waals surface area contributed by atoms with Gasteiger partial charge in [0, 0.05) is 12.5 Å². The molecular formula is C24H23F3N2O5. The third-order valence-electron chi connectivity index (χ3n) is 6.42. The van der Waals surface area contributed by atoms with Gasteiger partial charge in [0.15, 0.2) is 0 Å². The quantitative estimate of drug-likeness (QED) is 0.685. The van der Waals surface area contributed by atoms with Gasteiger partial charge in [-0.3, -0.25) is 4.79 Å². The maximum atomic E-state index is 13.7. The lowest BCUT2D eigenvalue weighted by Crippen LogP contribution is -2.58. The van der Waals surface area contributed by atoms with E-state index < -0.39 is 42.1 Å². The average Bonchev–Trinajstić information content (AvgIpc) is 3.33. The molecule has 0 bridgehead atoms. The first-order valence-corrected chi connectivity index (χ1v) is 10.8. The van der Waals surface area contributed by atoms with E-state index in [-0.39, 0.29) is 25.5 Å². The smallest absolute Gasteiger partial charge is 0.417 e. The van der Waals surface area contributed by atoms with Crippen molar-refractivity contribution in [3.8, 4) is 11.1 Å². The van der Waals surface area contributed by atoms with Crippen LogP contribution in [0.2, 0.25) is 0 Å². The minimum Gasteiger partial charge on any atom is -0.480 e. The standard InChI is InChI=1S/C24H23F3N2O5/c1-13-10-11-29(19(13)22(31)32)21(30)20(24(25,26)27)28-23(33)34-12-18-16-8-4-2-6-14(16)15-7-3-5-9-17(15)18/h2-9,13,18-20H,10-12H2,1H3,(H,28,33)(H,31,32). The largest absolute Gasteiger partial charge is 0.480 e. The van der Waals surface area contributed by atoms with E-state index in [1.54, 1.807) is 12.2 Å². The summed E-state index contributed by atoms with van der Waals surface area (Å²) >= 11 is 0. The van der Waals surface area contributed by atoms with Gasteiger partial charge in [-0.1, -0.05) is 55.5 Å². The number of carbonyl (C=O) groups is 3. The van der Waals surface area contributed by atoms with Crippen molar-refractivity contribution >= 4 is 18.0 Å². The van der Waals surface area contributed by atoms with Crippen LogP contribution in [0.15, 0.2) is 48.5 Å². The molecule has 7 nitrogen and oxygen atoms in total. The summed E-state index contributed by atoms with van der Waals surface area (Å²) in [6.45, 7) is 1.18. The number of fused-ring (bicyclic) bond motifs is 3. The number of alkyl halides is 3. The summed E-state index contributed by atoms with van der Waals surface area (Å²) in [4.78, 5) is 37.2. The van der Waals surface area contributed by atoms with Crippen molar-refractivity contribution in [1.82, 2.24) is 10.2 Å². The number of carboxylic acids is 1. The van der Waals surface area contributed by atoms with Crippen LogP contribution < -0.4 is 5.32 Å². The average molecular weight is 476 g/mol. The van der Waals surface area contributed by atoms with Crippen LogP contribution in [-0.2, 0) is 14.3 Å². The van der Waals surface area contributed by atoms with Gasteiger partial charge >= 0.3 is 18.2 Å². The number of nitrogens with one attached hydrogen (secondary N) is 1. The molecule has 2 aliphatic rings. The molecule has 0 spiro atoms. The predicted octanol–water partition coefficient (Wildman–Crippen LogP) is 3.78. The van der Waals surface area contributed by atoms with Crippen LogP contribution in [0.5, 0.6) is 0 Å². The molecule has 34 heavy (non-hydrogen) atoms. The third-order valence-corrected chi connectivity index (χ3v) is 6.42. The fourth-order valence-electron chi connectivity index (χ4n) is 4.78. The van der Waals surface area contributed by atoms with E-state index in [1.165, 1.54) is 0 Å². The molecule has 2 amide bonds. The van der Waals surface area contributed by atoms with E-state index >= 15 is 0 Å². The fraction of sp³-hybridized carbons (Fsp3) is 0.375. The number of halogens is 3. The van der Waals surface area contributed by atoms with Gasteiger partial charge in [-0.25, -0.2) is 9.59 Å². The number of nitrogens with zero attached hydrogens (tertiary/aromatic N) is 1. The number of amides is 2. The van der Waals surface area contributed by atoms with E-state index in [2.05, 4.69) is 0 Å². The van der Waals surface area contributed by atoms with E-state index in [0.717, 1.165) is 22.3 Å². The topological polar surface area (TPSA) is 95.9 Å². The number of carboxylic acid groups (broad SMARTS) is 1. The molecular weight excluding hydrogens is 453 g/mol. The number of ether oxygens (including phenoxy) is 1. The molecule has 4 rings (SSSR count). The summed E-state index contributed by atoms with van der Waals surface area (Å²) in [6.07, 6.45) is -6.29. The van der Waals surface area contributed by atoms with Crippen LogP contribution in [0.1, 0.15) is 30.4 Å². The van der Waals surface area contributed by atoms with E-state index in [4.69, 9.17) is 4.74 Å². The van der Waals surface area contributed by atoms with Gasteiger partial charge in [-0.15, -0.1) is 0 Å². The van der Waals surface area contributed by atoms with E-state index in [0.29, 0.717) is 4.90 Å². The summed E-state index contributed by atoms with van der Waals surface area (Å²) < 4.78 is 46.2. The molecule has 0 aromatic heterocycles. The Bertz CT molecular complexity index is 1070. The first-order chi connectivity index (χ1) is 16.1. The second kappa shape index (κ2) is 9.00. The Hall–Kier alpha value is -3.56. The van der Waals surface area contributed by atoms with Gasteiger partial charge in [0.05, 0.1) is 0 Å². The Labute approximate surface area is 193 Å². The van der Waals surface area contributed by atoms with E-state index in [9.17, 15) is 32.7 Å². The SMILES string of the molecule is CC1CCN(C(=O)C(NC(=O)OCC2c3ccccc3-c3ccccc32)C(F)(F)F)C1C(=O)O. The molecule has 180 valence electrons. The maximum absolute atomic E-state index is 13.7. The maximum Gasteiger partial charge on any atom is 0.417 e. The van der Waals surface area contributed by atoms with Crippen molar-refractivity contribution in [3.05, 3.63) is 59.7 Å². The molecule has 1 saturated heterocycles. The van der Waals surface area contributed by atoms with Gasteiger partial charge < -0.3 is 20.1 Å². The van der Waals surface area contributed by atoms with Crippen LogP contribution in [0, 0.1) is 5.92 Å². The van der Waals surface area contributed by atoms with Crippen molar-refractivity contribution in [2.75, 3.05) is 13.2 Å². The fourth-order valence-corrected chi connectivity index (χ4v) is 4.78. The van der Waals surface area contributed by atoms with Crippen LogP contribution in [0.25, 0.3) is 11.1 Å². The Morgan fingerprint density at radius 2 is 1.65 bits per heavy atom. The molecule has 3 atom stereocenters. The minimum atomic E-state index is -5.13. The molecule has 2 N–H and O–H groups in total. The Morgan fingerprint density at radius 1 is 1.09 bits per heavy atom. The lowest BCUT2D eigenvalue weighted by Gasteiger charge is -2.29. The normalized spacial score (nSPS) is 20.4. The van der Waals surface area contributed by atoms with Crippen LogP contribution in [0.4, 0.5) is 18.0 Å². The first kappa shape index (κ1) is 23.6. The van der Waals surface area contributed by atoms with Gasteiger partial charge in [-0.2, -0.15) is 13.2 Å². The Balaban J connectivity index is 1.48.